The van der Waals surface area contributed by atoms with Crippen LogP contribution in [-0.2, 0) is 32.7 Å². The Morgan fingerprint density at radius 1 is 0.330 bits per heavy atom. The fourth-order valence-corrected chi connectivity index (χ4v) is 13.5. The van der Waals surface area contributed by atoms with Crippen molar-refractivity contribution in [1.82, 2.24) is 0 Å². The van der Waals surface area contributed by atoms with E-state index in [9.17, 15) is 19.0 Å². The van der Waals surface area contributed by atoms with Gasteiger partial charge in [0.25, 0.3) is 7.82 Å². The summed E-state index contributed by atoms with van der Waals surface area (Å²) in [6, 6.07) is 0. The number of allylic oxidation sites excluding steroid dienone is 6. The number of quaternary nitrogens is 1. The maximum absolute atomic E-state index is 12.9. The van der Waals surface area contributed by atoms with Gasteiger partial charge in [0.1, 0.15) is 19.8 Å². The highest BCUT2D eigenvalue weighted by atomic mass is 31.2. The van der Waals surface area contributed by atoms with Crippen molar-refractivity contribution in [3.05, 3.63) is 36.5 Å². The summed E-state index contributed by atoms with van der Waals surface area (Å²) in [6.45, 7) is 4.32. The summed E-state index contributed by atoms with van der Waals surface area (Å²) in [5, 5.41) is 0. The normalized spacial score (nSPS) is 13.1. The molecular formula is C84H162NO8P. The predicted molar refractivity (Wildman–Crippen MR) is 407 cm³/mol. The van der Waals surface area contributed by atoms with Gasteiger partial charge in [0.15, 0.2) is 6.10 Å². The molecule has 0 saturated heterocycles. The van der Waals surface area contributed by atoms with Crippen LogP contribution in [0.3, 0.4) is 0 Å². The highest BCUT2D eigenvalue weighted by Gasteiger charge is 2.22. The van der Waals surface area contributed by atoms with Crippen LogP contribution in [-0.4, -0.2) is 70.0 Å². The van der Waals surface area contributed by atoms with E-state index in [0.717, 1.165) is 44.9 Å². The molecule has 94 heavy (non-hydrogen) atoms. The average Bonchev–Trinajstić information content (AvgIpc) is 1.56. The van der Waals surface area contributed by atoms with Crippen LogP contribution in [0.15, 0.2) is 36.5 Å². The third-order valence-corrected chi connectivity index (χ3v) is 20.1. The quantitative estimate of drug-likeness (QED) is 0.0195. The number of esters is 2. The molecule has 0 fully saturated rings. The van der Waals surface area contributed by atoms with Gasteiger partial charge in [-0.25, -0.2) is 0 Å². The predicted octanol–water partition coefficient (Wildman–Crippen LogP) is 27.1. The summed E-state index contributed by atoms with van der Waals surface area (Å²) in [6.07, 6.45) is 98.6. The Kier molecular flexibility index (Phi) is 74.0. The third-order valence-electron chi connectivity index (χ3n) is 19.2. The fraction of sp³-hybridized carbons (Fsp3) is 0.905. The average molecular weight is 1350 g/mol. The molecule has 0 aliphatic carbocycles. The van der Waals surface area contributed by atoms with Crippen molar-refractivity contribution in [1.29, 1.82) is 0 Å². The zero-order valence-corrected chi connectivity index (χ0v) is 64.6. The van der Waals surface area contributed by atoms with Gasteiger partial charge in [-0.15, -0.1) is 0 Å². The van der Waals surface area contributed by atoms with Gasteiger partial charge in [-0.3, -0.25) is 14.2 Å². The second-order valence-corrected chi connectivity index (χ2v) is 31.3. The lowest BCUT2D eigenvalue weighted by Gasteiger charge is -2.28. The molecule has 10 heteroatoms. The Hall–Kier alpha value is -1.77. The molecule has 0 aromatic carbocycles. The van der Waals surface area contributed by atoms with Crippen molar-refractivity contribution >= 4 is 19.8 Å². The SMILES string of the molecule is CCCCCCC/C=C\C/C=C\C/C=C\CCCCCCCCCCCCCCCCCCCCCCCCC(=O)OC(COC(=O)CCCCCCCCCCCCCCCCCCCCCCCCCCCCCCCCCCC)COP(=O)([O-])OCC[N+](C)(C)C. The van der Waals surface area contributed by atoms with Crippen LogP contribution in [0.2, 0.25) is 0 Å². The van der Waals surface area contributed by atoms with Gasteiger partial charge < -0.3 is 27.9 Å². The third kappa shape index (κ3) is 79.2. The van der Waals surface area contributed by atoms with E-state index in [1.54, 1.807) is 0 Å². The maximum Gasteiger partial charge on any atom is 0.306 e. The molecule has 0 aliphatic heterocycles. The minimum absolute atomic E-state index is 0.0269. The molecule has 0 heterocycles. The maximum atomic E-state index is 12.9. The molecule has 2 unspecified atom stereocenters. The highest BCUT2D eigenvalue weighted by molar-refractivity contribution is 7.45. The zero-order valence-electron chi connectivity index (χ0n) is 63.7. The first-order chi connectivity index (χ1) is 46.0. The van der Waals surface area contributed by atoms with Crippen LogP contribution >= 0.6 is 7.82 Å². The molecule has 0 aromatic heterocycles. The van der Waals surface area contributed by atoms with E-state index >= 15 is 0 Å². The summed E-state index contributed by atoms with van der Waals surface area (Å²) in [5.74, 6) is -0.805. The molecule has 0 aromatic rings. The van der Waals surface area contributed by atoms with Crippen molar-refractivity contribution < 1.29 is 42.1 Å². The molecule has 0 aliphatic rings. The lowest BCUT2D eigenvalue weighted by Crippen LogP contribution is -2.37. The van der Waals surface area contributed by atoms with Crippen molar-refractivity contribution in [3.63, 3.8) is 0 Å². The number of hydrogen-bond donors (Lipinski definition) is 0. The topological polar surface area (TPSA) is 111 Å². The van der Waals surface area contributed by atoms with Gasteiger partial charge in [-0.2, -0.15) is 0 Å². The fourth-order valence-electron chi connectivity index (χ4n) is 12.8. The minimum atomic E-state index is -4.64. The van der Waals surface area contributed by atoms with Crippen molar-refractivity contribution in [2.24, 2.45) is 0 Å². The number of phosphoric acid groups is 1. The number of carbonyl (C=O) groups excluding carboxylic acids is 2. The smallest absolute Gasteiger partial charge is 0.306 e. The van der Waals surface area contributed by atoms with Crippen molar-refractivity contribution in [3.8, 4) is 0 Å². The Balaban J connectivity index is 3.88. The van der Waals surface area contributed by atoms with E-state index in [0.29, 0.717) is 17.4 Å². The summed E-state index contributed by atoms with van der Waals surface area (Å²) in [7, 11) is 1.19. The molecule has 0 bridgehead atoms. The molecular weight excluding hydrogens is 1180 g/mol. The Morgan fingerprint density at radius 3 is 0.851 bits per heavy atom. The van der Waals surface area contributed by atoms with E-state index in [1.807, 2.05) is 21.1 Å². The molecule has 0 amide bonds. The van der Waals surface area contributed by atoms with Gasteiger partial charge in [0.05, 0.1) is 27.7 Å². The van der Waals surface area contributed by atoms with E-state index < -0.39 is 26.5 Å². The number of carbonyl (C=O) groups is 2. The molecule has 0 rings (SSSR count). The molecule has 0 spiro atoms. The second kappa shape index (κ2) is 75.4. The lowest BCUT2D eigenvalue weighted by atomic mass is 10.0. The minimum Gasteiger partial charge on any atom is -0.756 e. The number of hydrogen-bond acceptors (Lipinski definition) is 8. The monoisotopic (exact) mass is 1340 g/mol. The summed E-state index contributed by atoms with van der Waals surface area (Å²) < 4.78 is 34.5. The van der Waals surface area contributed by atoms with Gasteiger partial charge in [-0.05, 0) is 51.4 Å². The summed E-state index contributed by atoms with van der Waals surface area (Å²) in [5.41, 5.74) is 0. The molecule has 0 radical (unpaired) electrons. The number of unbranched alkanes of at least 4 members (excludes halogenated alkanes) is 59. The van der Waals surface area contributed by atoms with Crippen LogP contribution in [0.1, 0.15) is 438 Å². The largest absolute Gasteiger partial charge is 0.756 e. The molecule has 2 atom stereocenters. The number of phosphoric ester groups is 1. The van der Waals surface area contributed by atoms with E-state index in [2.05, 4.69) is 50.3 Å². The lowest BCUT2D eigenvalue weighted by molar-refractivity contribution is -0.870. The van der Waals surface area contributed by atoms with E-state index in [-0.39, 0.29) is 32.0 Å². The number of likely N-dealkylation sites (N-methyl/N-ethyl adjacent to an activating group) is 1. The van der Waals surface area contributed by atoms with Crippen LogP contribution < -0.4 is 4.89 Å². The zero-order chi connectivity index (χ0) is 68.3. The first-order valence-corrected chi connectivity index (χ1v) is 43.2. The highest BCUT2D eigenvalue weighted by Crippen LogP contribution is 2.38. The second-order valence-electron chi connectivity index (χ2n) is 29.9. The molecule has 0 N–H and O–H groups in total. The van der Waals surface area contributed by atoms with Crippen LogP contribution in [0.4, 0.5) is 0 Å². The van der Waals surface area contributed by atoms with E-state index in [1.165, 1.54) is 360 Å². The summed E-state index contributed by atoms with van der Waals surface area (Å²) >= 11 is 0. The van der Waals surface area contributed by atoms with Crippen molar-refractivity contribution in [2.45, 2.75) is 444 Å². The van der Waals surface area contributed by atoms with Gasteiger partial charge in [0.2, 0.25) is 0 Å². The molecule has 0 saturated carbocycles. The summed E-state index contributed by atoms with van der Waals surface area (Å²) in [4.78, 5) is 38.2. The Bertz CT molecular complexity index is 1680. The molecule has 9 nitrogen and oxygen atoms in total. The number of rotatable bonds is 79. The Labute approximate surface area is 586 Å². The first kappa shape index (κ1) is 92.2. The molecule has 556 valence electrons. The van der Waals surface area contributed by atoms with E-state index in [4.69, 9.17) is 18.5 Å². The van der Waals surface area contributed by atoms with Crippen molar-refractivity contribution in [2.75, 3.05) is 47.5 Å². The van der Waals surface area contributed by atoms with Gasteiger partial charge in [-0.1, -0.05) is 410 Å². The van der Waals surface area contributed by atoms with Crippen LogP contribution in [0, 0.1) is 0 Å². The number of nitrogens with zero attached hydrogens (tertiary/aromatic N) is 1. The Morgan fingerprint density at radius 2 is 0.574 bits per heavy atom. The standard InChI is InChI=1S/C84H162NO8P/c1-6-8-10-12-14-16-18-20-22-24-26-28-30-32-34-36-38-40-41-42-43-45-47-49-51-53-55-57-59-61-63-65-67-69-71-73-75-77-84(87)93-82(81-92-94(88,89)91-79-78-85(3,4)5)80-90-83(86)76-74-72-70-68-66-64-62-60-58-56-54-52-50-48-46-44-39-37-35-33-31-29-27-25-23-21-19-17-15-13-11-9-7-2/h18,20,24,26,30,32,82H,6-17,19,21-23,25,27-29,31,33-81H2,1-5H3/b20-18-,26-24-,32-30-. The van der Waals surface area contributed by atoms with Crippen LogP contribution in [0.5, 0.6) is 0 Å². The first-order valence-electron chi connectivity index (χ1n) is 41.7. The van der Waals surface area contributed by atoms with Gasteiger partial charge >= 0.3 is 11.9 Å². The number of ether oxygens (including phenoxy) is 2. The van der Waals surface area contributed by atoms with Crippen LogP contribution in [0.25, 0.3) is 0 Å². The van der Waals surface area contributed by atoms with Gasteiger partial charge in [0, 0.05) is 12.8 Å².